The molecule has 2 atom stereocenters. The van der Waals surface area contributed by atoms with Crippen molar-refractivity contribution in [3.05, 3.63) is 56.6 Å². The van der Waals surface area contributed by atoms with Crippen molar-refractivity contribution in [2.45, 2.75) is 25.9 Å². The van der Waals surface area contributed by atoms with Gasteiger partial charge in [-0.15, -0.1) is 11.3 Å². The third-order valence-corrected chi connectivity index (χ3v) is 4.75. The van der Waals surface area contributed by atoms with Crippen LogP contribution in [-0.2, 0) is 4.79 Å². The molecule has 2 heterocycles. The molecule has 7 nitrogen and oxygen atoms in total. The van der Waals surface area contributed by atoms with Crippen LogP contribution >= 0.6 is 11.3 Å². The van der Waals surface area contributed by atoms with Crippen molar-refractivity contribution < 1.29 is 9.59 Å². The van der Waals surface area contributed by atoms with E-state index in [9.17, 15) is 14.4 Å². The SMILES string of the molecule is CC(NC(=O)c1cccs1)C(=O)NC(C)c1ccc2[nH]c(=O)[nH]c2c1. The fraction of sp³-hybridized carbons (Fsp3) is 0.235. The summed E-state index contributed by atoms with van der Waals surface area (Å²) in [7, 11) is 0. The normalized spacial score (nSPS) is 13.4. The zero-order valence-corrected chi connectivity index (χ0v) is 14.6. The van der Waals surface area contributed by atoms with Crippen LogP contribution in [0.25, 0.3) is 11.0 Å². The summed E-state index contributed by atoms with van der Waals surface area (Å²) in [5, 5.41) is 7.35. The monoisotopic (exact) mass is 358 g/mol. The van der Waals surface area contributed by atoms with Crippen LogP contribution in [0.3, 0.4) is 0 Å². The van der Waals surface area contributed by atoms with Crippen LogP contribution in [0.1, 0.15) is 35.1 Å². The van der Waals surface area contributed by atoms with Crippen molar-refractivity contribution in [1.29, 1.82) is 0 Å². The molecule has 2 unspecified atom stereocenters. The Morgan fingerprint density at radius 1 is 1.08 bits per heavy atom. The van der Waals surface area contributed by atoms with Gasteiger partial charge in [-0.3, -0.25) is 9.59 Å². The molecule has 25 heavy (non-hydrogen) atoms. The van der Waals surface area contributed by atoms with Crippen LogP contribution in [0.4, 0.5) is 0 Å². The molecule has 8 heteroatoms. The van der Waals surface area contributed by atoms with Gasteiger partial charge in [0.2, 0.25) is 5.91 Å². The molecule has 0 radical (unpaired) electrons. The maximum Gasteiger partial charge on any atom is 0.323 e. The lowest BCUT2D eigenvalue weighted by atomic mass is 10.1. The number of thiophene rings is 1. The molecule has 2 amide bonds. The lowest BCUT2D eigenvalue weighted by Gasteiger charge is -2.18. The highest BCUT2D eigenvalue weighted by atomic mass is 32.1. The summed E-state index contributed by atoms with van der Waals surface area (Å²) in [4.78, 5) is 41.6. The minimum Gasteiger partial charge on any atom is -0.348 e. The average molecular weight is 358 g/mol. The third kappa shape index (κ3) is 3.80. The molecule has 3 aromatic rings. The van der Waals surface area contributed by atoms with Crippen molar-refractivity contribution in [3.8, 4) is 0 Å². The molecule has 3 rings (SSSR count). The van der Waals surface area contributed by atoms with Crippen LogP contribution < -0.4 is 16.3 Å². The van der Waals surface area contributed by atoms with E-state index in [-0.39, 0.29) is 23.5 Å². The van der Waals surface area contributed by atoms with Crippen molar-refractivity contribution in [1.82, 2.24) is 20.6 Å². The maximum absolute atomic E-state index is 12.3. The lowest BCUT2D eigenvalue weighted by Crippen LogP contribution is -2.45. The van der Waals surface area contributed by atoms with E-state index in [4.69, 9.17) is 0 Å². The molecule has 0 aliphatic rings. The number of amides is 2. The van der Waals surface area contributed by atoms with E-state index in [1.807, 2.05) is 24.4 Å². The van der Waals surface area contributed by atoms with Gasteiger partial charge in [-0.25, -0.2) is 4.79 Å². The highest BCUT2D eigenvalue weighted by Gasteiger charge is 2.19. The number of rotatable bonds is 5. The van der Waals surface area contributed by atoms with Gasteiger partial charge >= 0.3 is 5.69 Å². The van der Waals surface area contributed by atoms with Crippen LogP contribution in [-0.4, -0.2) is 27.8 Å². The van der Waals surface area contributed by atoms with E-state index in [1.54, 1.807) is 25.1 Å². The fourth-order valence-corrected chi connectivity index (χ4v) is 3.11. The van der Waals surface area contributed by atoms with Crippen molar-refractivity contribution in [2.24, 2.45) is 0 Å². The van der Waals surface area contributed by atoms with Gasteiger partial charge in [-0.1, -0.05) is 12.1 Å². The Hall–Kier alpha value is -2.87. The molecular weight excluding hydrogens is 340 g/mol. The van der Waals surface area contributed by atoms with Crippen LogP contribution in [0, 0.1) is 0 Å². The van der Waals surface area contributed by atoms with Gasteiger partial charge in [-0.05, 0) is 43.0 Å². The topological polar surface area (TPSA) is 107 Å². The quantitative estimate of drug-likeness (QED) is 0.560. The zero-order chi connectivity index (χ0) is 18.0. The molecular formula is C17H18N4O3S. The number of imidazole rings is 1. The van der Waals surface area contributed by atoms with Crippen LogP contribution in [0.15, 0.2) is 40.5 Å². The summed E-state index contributed by atoms with van der Waals surface area (Å²) in [5.74, 6) is -0.545. The first-order valence-corrected chi connectivity index (χ1v) is 8.68. The minimum absolute atomic E-state index is 0.267. The van der Waals surface area contributed by atoms with E-state index < -0.39 is 6.04 Å². The smallest absolute Gasteiger partial charge is 0.323 e. The second-order valence-corrected chi connectivity index (χ2v) is 6.73. The molecule has 0 bridgehead atoms. The second-order valence-electron chi connectivity index (χ2n) is 5.79. The highest BCUT2D eigenvalue weighted by Crippen LogP contribution is 2.17. The molecule has 4 N–H and O–H groups in total. The van der Waals surface area contributed by atoms with Gasteiger partial charge in [0.25, 0.3) is 5.91 Å². The highest BCUT2D eigenvalue weighted by molar-refractivity contribution is 7.12. The molecule has 0 saturated heterocycles. The minimum atomic E-state index is -0.659. The Bertz CT molecular complexity index is 958. The van der Waals surface area contributed by atoms with E-state index in [0.29, 0.717) is 15.9 Å². The predicted molar refractivity (Wildman–Crippen MR) is 96.7 cm³/mol. The maximum atomic E-state index is 12.3. The number of hydrogen-bond acceptors (Lipinski definition) is 4. The number of hydrogen-bond donors (Lipinski definition) is 4. The largest absolute Gasteiger partial charge is 0.348 e. The predicted octanol–water partition coefficient (Wildman–Crippen LogP) is 1.91. The summed E-state index contributed by atoms with van der Waals surface area (Å²) >= 11 is 1.32. The average Bonchev–Trinajstić information content (AvgIpc) is 3.22. The van der Waals surface area contributed by atoms with Crippen molar-refractivity contribution >= 4 is 34.2 Å². The summed E-state index contributed by atoms with van der Waals surface area (Å²) in [5.41, 5.74) is 1.98. The third-order valence-electron chi connectivity index (χ3n) is 3.88. The molecule has 0 saturated carbocycles. The number of benzene rings is 1. The van der Waals surface area contributed by atoms with Crippen LogP contribution in [0.2, 0.25) is 0 Å². The van der Waals surface area contributed by atoms with Gasteiger partial charge < -0.3 is 20.6 Å². The number of nitrogens with one attached hydrogen (secondary N) is 4. The summed E-state index contributed by atoms with van der Waals surface area (Å²) in [6, 6.07) is 8.00. The Kier molecular flexibility index (Phi) is 4.71. The molecule has 130 valence electrons. The Balaban J connectivity index is 1.64. The number of fused-ring (bicyclic) bond motifs is 1. The summed E-state index contributed by atoms with van der Waals surface area (Å²) in [6.07, 6.45) is 0. The molecule has 1 aromatic carbocycles. The van der Waals surface area contributed by atoms with E-state index in [1.165, 1.54) is 11.3 Å². The van der Waals surface area contributed by atoms with E-state index >= 15 is 0 Å². The number of carbonyl (C=O) groups excluding carboxylic acids is 2. The number of aromatic amines is 2. The number of H-pyrrole nitrogens is 2. The summed E-state index contributed by atoms with van der Waals surface area (Å²) < 4.78 is 0. The molecule has 0 fully saturated rings. The first-order valence-electron chi connectivity index (χ1n) is 7.80. The van der Waals surface area contributed by atoms with Crippen LogP contribution in [0.5, 0.6) is 0 Å². The number of aromatic nitrogens is 2. The first-order chi connectivity index (χ1) is 11.9. The first kappa shape index (κ1) is 17.0. The molecule has 2 aromatic heterocycles. The number of carbonyl (C=O) groups is 2. The van der Waals surface area contributed by atoms with Gasteiger partial charge in [0.1, 0.15) is 6.04 Å². The fourth-order valence-electron chi connectivity index (χ4n) is 2.48. The molecule has 0 spiro atoms. The Morgan fingerprint density at radius 3 is 2.56 bits per heavy atom. The zero-order valence-electron chi connectivity index (χ0n) is 13.8. The lowest BCUT2D eigenvalue weighted by molar-refractivity contribution is -0.123. The van der Waals surface area contributed by atoms with Crippen molar-refractivity contribution in [2.75, 3.05) is 0 Å². The van der Waals surface area contributed by atoms with Gasteiger partial charge in [0.05, 0.1) is 22.0 Å². The standard InChI is InChI=1S/C17H18N4O3S/c1-9(11-5-6-12-13(8-11)21-17(24)20-12)18-15(22)10(2)19-16(23)14-4-3-7-25-14/h3-10H,1-2H3,(H,18,22)(H,19,23)(H2,20,21,24). The summed E-state index contributed by atoms with van der Waals surface area (Å²) in [6.45, 7) is 3.48. The van der Waals surface area contributed by atoms with Gasteiger partial charge in [-0.2, -0.15) is 0 Å². The Labute approximate surface area is 147 Å². The van der Waals surface area contributed by atoms with Gasteiger partial charge in [0, 0.05) is 0 Å². The van der Waals surface area contributed by atoms with Gasteiger partial charge in [0.15, 0.2) is 0 Å². The van der Waals surface area contributed by atoms with Crippen molar-refractivity contribution in [3.63, 3.8) is 0 Å². The van der Waals surface area contributed by atoms with E-state index in [2.05, 4.69) is 20.6 Å². The van der Waals surface area contributed by atoms with E-state index in [0.717, 1.165) is 5.56 Å². The molecule has 0 aliphatic heterocycles. The Morgan fingerprint density at radius 2 is 1.84 bits per heavy atom. The second kappa shape index (κ2) is 6.94. The molecule has 0 aliphatic carbocycles.